The van der Waals surface area contributed by atoms with Gasteiger partial charge in [-0.1, -0.05) is 18.2 Å². The van der Waals surface area contributed by atoms with Crippen LogP contribution in [0.3, 0.4) is 0 Å². The van der Waals surface area contributed by atoms with E-state index in [1.165, 1.54) is 133 Å². The Morgan fingerprint density at radius 3 is 1.38 bits per heavy atom. The number of ketones is 3. The van der Waals surface area contributed by atoms with Crippen molar-refractivity contribution in [3.8, 4) is 39.6 Å². The molecule has 3 saturated heterocycles. The van der Waals surface area contributed by atoms with E-state index in [1.807, 2.05) is 4.57 Å². The Morgan fingerprint density at radius 2 is 0.928 bits per heavy atom. The fourth-order valence-electron chi connectivity index (χ4n) is 14.7. The number of hydrogen-bond acceptors (Lipinski definition) is 20. The van der Waals surface area contributed by atoms with Crippen LogP contribution in [-0.4, -0.2) is 141 Å². The quantitative estimate of drug-likeness (QED) is 0.0250. The standard InChI is InChI=1S/C35H28F5N7O2.C25H23F5N2O3.C19H14F5N3O.C10H6FN5.C5H10O.C4H8O/c1-20-16-45-47(17-20)24-12-22(11-23(14-24)35(38,39)40)29(48)13-21-7-8-27(36)26(31(21)37)15-28-25(5-4-9-41-28)32-33-34(43-18-42-32)46(19-44-33)30-6-2-3-10-49-30;1-14-12-31-32(13-14)18-8-16(7-17(10-18)25(28,29)30)21(33)9-15-5-6-20(26)19(23(15)27)11-22(34)35-24(2,3)4;1-10-8-26-27(9-10)14-5-12(4-13(7-14)19(22,23)24)16(28)6-11-2-3-15(20)18(25)17(11)21;11-9-6(2-1-3-12-9)7-8-10(15-4-13-7)16-5-14-8;1-2-4-6-5-3-1;1-2-4-5-3-1/h4-5,7-9,11-12,14,16-19,30H,2-3,6,10,13,15H2,1H3;5-8,10,12-13H,9,11H2,1-4H3;2-5,7-9H,6,25H2,1H3;1-5H,(H,13,14,15,16);1-5H2;1-4H2. The molecule has 0 amide bonds. The van der Waals surface area contributed by atoms with E-state index in [-0.39, 0.29) is 68.7 Å². The number of Topliss-reactive ketones (excluding diaryl/α,β-unsaturated/α-hetero) is 3. The third-order valence-corrected chi connectivity index (χ3v) is 21.6. The van der Waals surface area contributed by atoms with Gasteiger partial charge in [-0.3, -0.25) is 28.7 Å². The number of carbonyl (C=O) groups is 4. The van der Waals surface area contributed by atoms with E-state index in [0.717, 1.165) is 106 Å². The number of H-pyrrole nitrogens is 1. The number of nitrogens with zero attached hydrogens (tertiary/aromatic N) is 15. The molecule has 0 radical (unpaired) electrons. The number of anilines is 1. The third-order valence-electron chi connectivity index (χ3n) is 21.6. The fraction of sp³-hybridized carbons (Fsp3) is 0.296. The summed E-state index contributed by atoms with van der Waals surface area (Å²) in [5.74, 6) is -9.89. The van der Waals surface area contributed by atoms with Crippen LogP contribution < -0.4 is 5.73 Å². The van der Waals surface area contributed by atoms with Crippen molar-refractivity contribution in [2.24, 2.45) is 0 Å². The average Bonchev–Trinajstić information content (AvgIpc) is 1.66. The van der Waals surface area contributed by atoms with Crippen LogP contribution >= 0.6 is 0 Å². The molecule has 18 rings (SSSR count). The Morgan fingerprint density at radius 1 is 0.475 bits per heavy atom. The molecule has 41 heteroatoms. The summed E-state index contributed by atoms with van der Waals surface area (Å²) in [6.45, 7) is 14.6. The van der Waals surface area contributed by atoms with Crippen LogP contribution in [0.15, 0.2) is 190 Å². The van der Waals surface area contributed by atoms with Gasteiger partial charge in [-0.25, -0.2) is 75.3 Å². The fourth-order valence-corrected chi connectivity index (χ4v) is 14.7. The first kappa shape index (κ1) is 102. The highest BCUT2D eigenvalue weighted by Gasteiger charge is 2.37. The van der Waals surface area contributed by atoms with Crippen LogP contribution in [-0.2, 0) is 74.4 Å². The smallest absolute Gasteiger partial charge is 0.416 e. The van der Waals surface area contributed by atoms with Crippen molar-refractivity contribution in [1.82, 2.24) is 78.8 Å². The number of ether oxygens (including phenoxy) is 4. The number of alkyl halides is 9. The molecule has 3 aliphatic heterocycles. The molecule has 0 aliphatic carbocycles. The monoisotopic (exact) mass is 1940 g/mol. The van der Waals surface area contributed by atoms with Crippen molar-refractivity contribution >= 4 is 51.3 Å². The number of aromatic amines is 1. The molecule has 0 spiro atoms. The molecule has 0 bridgehead atoms. The van der Waals surface area contributed by atoms with E-state index in [1.54, 1.807) is 72.1 Å². The largest absolute Gasteiger partial charge is 0.460 e. The van der Waals surface area contributed by atoms with E-state index in [4.69, 9.17) is 24.7 Å². The lowest BCUT2D eigenvalue weighted by Gasteiger charge is -2.23. The Balaban J connectivity index is 0.000000158. The molecule has 6 aromatic carbocycles. The predicted octanol–water partition coefficient (Wildman–Crippen LogP) is 21.2. The molecular formula is C98H89F16N17O8. The maximum atomic E-state index is 16.0. The minimum atomic E-state index is -4.75. The number of benzene rings is 6. The van der Waals surface area contributed by atoms with Crippen LogP contribution in [0, 0.1) is 61.6 Å². The molecule has 726 valence electrons. The number of nitrogens with one attached hydrogen (secondary N) is 1. The topological polar surface area (TPSA) is 309 Å². The first-order valence-corrected chi connectivity index (χ1v) is 43.4. The van der Waals surface area contributed by atoms with Crippen molar-refractivity contribution in [3.63, 3.8) is 0 Å². The molecule has 12 heterocycles. The molecule has 0 saturated carbocycles. The van der Waals surface area contributed by atoms with Gasteiger partial charge in [-0.2, -0.15) is 59.2 Å². The van der Waals surface area contributed by atoms with Crippen molar-refractivity contribution < 1.29 is 108 Å². The summed E-state index contributed by atoms with van der Waals surface area (Å²) in [6.07, 6.45) is 9.66. The highest BCUT2D eigenvalue weighted by Crippen LogP contribution is 2.39. The van der Waals surface area contributed by atoms with E-state index < -0.39 is 142 Å². The number of imidazole rings is 2. The number of rotatable bonds is 19. The zero-order chi connectivity index (χ0) is 99.8. The van der Waals surface area contributed by atoms with Crippen molar-refractivity contribution in [2.75, 3.05) is 38.8 Å². The van der Waals surface area contributed by atoms with Gasteiger partial charge >= 0.3 is 24.5 Å². The number of carbonyl (C=O) groups excluding carboxylic acids is 4. The Bertz CT molecular complexity index is 6890. The van der Waals surface area contributed by atoms with Crippen LogP contribution in [0.4, 0.5) is 75.9 Å². The minimum Gasteiger partial charge on any atom is -0.460 e. The van der Waals surface area contributed by atoms with Gasteiger partial charge in [-0.15, -0.1) is 0 Å². The Kier molecular flexibility index (Phi) is 32.7. The Hall–Kier alpha value is -14.6. The predicted molar refractivity (Wildman–Crippen MR) is 477 cm³/mol. The second-order valence-electron chi connectivity index (χ2n) is 33.4. The Labute approximate surface area is 783 Å². The number of aromatic nitrogens is 16. The lowest BCUT2D eigenvalue weighted by Crippen LogP contribution is -2.25. The molecule has 15 aromatic rings. The van der Waals surface area contributed by atoms with Crippen LogP contribution in [0.25, 0.3) is 61.9 Å². The van der Waals surface area contributed by atoms with Crippen LogP contribution in [0.1, 0.15) is 176 Å². The molecule has 139 heavy (non-hydrogen) atoms. The summed E-state index contributed by atoms with van der Waals surface area (Å²) in [7, 11) is 0. The zero-order valence-corrected chi connectivity index (χ0v) is 75.3. The summed E-state index contributed by atoms with van der Waals surface area (Å²) in [6, 6.07) is 21.0. The molecule has 1 atom stereocenters. The lowest BCUT2D eigenvalue weighted by molar-refractivity contribution is -0.154. The molecule has 9 aromatic heterocycles. The van der Waals surface area contributed by atoms with Crippen molar-refractivity contribution in [3.05, 3.63) is 315 Å². The first-order valence-electron chi connectivity index (χ1n) is 43.4. The molecule has 25 nitrogen and oxygen atoms in total. The minimum absolute atomic E-state index is 0.00136. The van der Waals surface area contributed by atoms with Crippen molar-refractivity contribution in [1.29, 1.82) is 0 Å². The van der Waals surface area contributed by atoms with Crippen LogP contribution in [0.2, 0.25) is 0 Å². The molecular weight excluding hydrogens is 1850 g/mol. The van der Waals surface area contributed by atoms with Gasteiger partial charge in [0, 0.05) is 123 Å². The normalized spacial score (nSPS) is 13.9. The molecule has 3 fully saturated rings. The van der Waals surface area contributed by atoms with Gasteiger partial charge in [0.2, 0.25) is 5.95 Å². The van der Waals surface area contributed by atoms with E-state index in [9.17, 15) is 76.3 Å². The summed E-state index contributed by atoms with van der Waals surface area (Å²) < 4.78 is 249. The van der Waals surface area contributed by atoms with Crippen molar-refractivity contribution in [2.45, 2.75) is 155 Å². The van der Waals surface area contributed by atoms with E-state index in [0.29, 0.717) is 86.0 Å². The number of halogens is 16. The first-order chi connectivity index (χ1) is 66.1. The van der Waals surface area contributed by atoms with E-state index in [2.05, 4.69) is 60.2 Å². The van der Waals surface area contributed by atoms with Gasteiger partial charge in [0.15, 0.2) is 34.5 Å². The zero-order valence-electron chi connectivity index (χ0n) is 75.3. The molecule has 3 N–H and O–H groups in total. The average molecular weight is 1940 g/mol. The number of hydrogen-bond donors (Lipinski definition) is 2. The van der Waals surface area contributed by atoms with Gasteiger partial charge < -0.3 is 29.7 Å². The summed E-state index contributed by atoms with van der Waals surface area (Å²) in [5.41, 5.74) is 4.29. The van der Waals surface area contributed by atoms with Gasteiger partial charge in [0.25, 0.3) is 0 Å². The second kappa shape index (κ2) is 44.7. The second-order valence-corrected chi connectivity index (χ2v) is 33.4. The molecule has 1 unspecified atom stereocenters. The van der Waals surface area contributed by atoms with E-state index >= 15 is 13.2 Å². The number of esters is 1. The highest BCUT2D eigenvalue weighted by atomic mass is 19.4. The van der Waals surface area contributed by atoms with Gasteiger partial charge in [0.05, 0.1) is 82.7 Å². The number of nitrogens with two attached hydrogens (primary N) is 1. The van der Waals surface area contributed by atoms with Crippen LogP contribution in [0.5, 0.6) is 0 Å². The maximum Gasteiger partial charge on any atom is 0.416 e. The van der Waals surface area contributed by atoms with Gasteiger partial charge in [0.1, 0.15) is 81.7 Å². The summed E-state index contributed by atoms with van der Waals surface area (Å²) in [4.78, 5) is 87.1. The SMILES string of the molecule is C1CCOC1.C1CCOCC1.Cc1cnn(-c2cc(C(=O)Cc3ccc(F)c(CC(=O)OC(C)(C)C)c3F)cc(C(F)(F)F)c2)c1.Cc1cnn(-c2cc(C(=O)Cc3ccc(F)c(Cc4ncccc4-c4ncnc5c4ncn5C4CCCCO4)c3F)cc(C(F)(F)F)c2)c1.Cc1cnn(-c2cc(C(=O)Cc3ccc(F)c(N)c3F)cc(C(F)(F)F)c2)c1.Fc1ncccc1-c1ncnc2nc[nH]c12. The third kappa shape index (κ3) is 26.4. The molecule has 3 aliphatic rings. The number of aryl methyl sites for hydroxylation is 3. The number of nitrogen functional groups attached to an aromatic ring is 1. The maximum absolute atomic E-state index is 16.0. The summed E-state index contributed by atoms with van der Waals surface area (Å²) in [5, 5.41) is 12.0. The summed E-state index contributed by atoms with van der Waals surface area (Å²) >= 11 is 0. The van der Waals surface area contributed by atoms with Gasteiger partial charge in [-0.05, 0) is 223 Å². The number of fused-ring (bicyclic) bond motifs is 2. The lowest BCUT2D eigenvalue weighted by atomic mass is 9.96. The highest BCUT2D eigenvalue weighted by molar-refractivity contribution is 6.00. The number of pyridine rings is 2.